The van der Waals surface area contributed by atoms with Gasteiger partial charge in [0, 0.05) is 56.2 Å². The molecule has 2 aromatic rings. The van der Waals surface area contributed by atoms with E-state index in [1.54, 1.807) is 24.8 Å². The van der Waals surface area contributed by atoms with E-state index in [0.29, 0.717) is 18.0 Å². The van der Waals surface area contributed by atoms with Gasteiger partial charge >= 0.3 is 0 Å². The molecule has 0 aromatic carbocycles. The second-order valence-corrected chi connectivity index (χ2v) is 6.84. The van der Waals surface area contributed by atoms with Crippen LogP contribution >= 0.6 is 0 Å². The molecule has 26 heavy (non-hydrogen) atoms. The molecule has 0 radical (unpaired) electrons. The molecule has 2 aliphatic heterocycles. The normalized spacial score (nSPS) is 22.1. The third kappa shape index (κ3) is 3.73. The van der Waals surface area contributed by atoms with Crippen molar-refractivity contribution in [1.82, 2.24) is 20.3 Å². The summed E-state index contributed by atoms with van der Waals surface area (Å²) in [6, 6.07) is 3.82. The molecule has 7 heteroatoms. The predicted octanol–water partition coefficient (Wildman–Crippen LogP) is 2.00. The Morgan fingerprint density at radius 1 is 1.15 bits per heavy atom. The fourth-order valence-electron chi connectivity index (χ4n) is 3.60. The van der Waals surface area contributed by atoms with E-state index in [9.17, 15) is 4.79 Å². The van der Waals surface area contributed by atoms with Crippen LogP contribution in [0.25, 0.3) is 11.4 Å². The number of carbonyl (C=O) groups is 1. The molecule has 2 saturated heterocycles. The maximum atomic E-state index is 12.6. The van der Waals surface area contributed by atoms with E-state index in [4.69, 9.17) is 9.47 Å². The van der Waals surface area contributed by atoms with Gasteiger partial charge in [0.05, 0.1) is 11.2 Å². The lowest BCUT2D eigenvalue weighted by molar-refractivity contribution is -0.139. The lowest BCUT2D eigenvalue weighted by atomic mass is 9.84. The molecule has 4 heterocycles. The van der Waals surface area contributed by atoms with Crippen molar-refractivity contribution in [2.24, 2.45) is 0 Å². The van der Waals surface area contributed by atoms with Gasteiger partial charge in [0.1, 0.15) is 0 Å². The Bertz CT molecular complexity index is 740. The van der Waals surface area contributed by atoms with E-state index in [0.717, 1.165) is 44.5 Å². The van der Waals surface area contributed by atoms with Crippen LogP contribution in [-0.2, 0) is 9.47 Å². The molecule has 2 aromatic heterocycles. The molecular formula is C19H22N4O3. The second kappa shape index (κ2) is 7.47. The summed E-state index contributed by atoms with van der Waals surface area (Å²) in [5.74, 6) is 0.415. The number of hydrogen-bond donors (Lipinski definition) is 1. The molecule has 4 rings (SSSR count). The molecule has 2 aliphatic rings. The van der Waals surface area contributed by atoms with Crippen molar-refractivity contribution >= 4 is 5.91 Å². The fourth-order valence-corrected chi connectivity index (χ4v) is 3.60. The quantitative estimate of drug-likeness (QED) is 0.907. The minimum atomic E-state index is -0.144. The highest BCUT2D eigenvalue weighted by Gasteiger charge is 2.39. The van der Waals surface area contributed by atoms with Crippen molar-refractivity contribution in [3.63, 3.8) is 0 Å². The molecule has 0 bridgehead atoms. The second-order valence-electron chi connectivity index (χ2n) is 6.84. The van der Waals surface area contributed by atoms with E-state index in [-0.39, 0.29) is 17.6 Å². The van der Waals surface area contributed by atoms with Gasteiger partial charge in [0.15, 0.2) is 5.82 Å². The van der Waals surface area contributed by atoms with Crippen LogP contribution in [-0.4, -0.2) is 52.3 Å². The summed E-state index contributed by atoms with van der Waals surface area (Å²) in [5, 5.41) is 3.11. The van der Waals surface area contributed by atoms with Crippen molar-refractivity contribution < 1.29 is 14.3 Å². The fraction of sp³-hybridized carbons (Fsp3) is 0.474. The van der Waals surface area contributed by atoms with Crippen LogP contribution in [0.3, 0.4) is 0 Å². The average molecular weight is 354 g/mol. The first-order valence-corrected chi connectivity index (χ1v) is 8.99. The summed E-state index contributed by atoms with van der Waals surface area (Å²) in [5.41, 5.74) is 1.14. The van der Waals surface area contributed by atoms with Crippen molar-refractivity contribution in [3.8, 4) is 11.4 Å². The zero-order valence-corrected chi connectivity index (χ0v) is 14.6. The maximum absolute atomic E-state index is 12.6. The first-order chi connectivity index (χ1) is 12.7. The molecule has 2 fully saturated rings. The third-order valence-electron chi connectivity index (χ3n) is 5.07. The first kappa shape index (κ1) is 17.1. The number of carbonyl (C=O) groups excluding carboxylic acids is 1. The minimum absolute atomic E-state index is 0.104. The van der Waals surface area contributed by atoms with Crippen molar-refractivity contribution in [1.29, 1.82) is 0 Å². The zero-order chi connectivity index (χ0) is 17.8. The van der Waals surface area contributed by atoms with Crippen LogP contribution in [0.5, 0.6) is 0 Å². The molecule has 7 nitrogen and oxygen atoms in total. The smallest absolute Gasteiger partial charge is 0.254 e. The number of nitrogens with zero attached hydrogens (tertiary/aromatic N) is 3. The zero-order valence-electron chi connectivity index (χ0n) is 14.6. The van der Waals surface area contributed by atoms with Crippen molar-refractivity contribution in [2.75, 3.05) is 19.8 Å². The molecule has 1 spiro atoms. The van der Waals surface area contributed by atoms with Gasteiger partial charge in [-0.25, -0.2) is 9.97 Å². The summed E-state index contributed by atoms with van der Waals surface area (Å²) in [6.45, 7) is 2.12. The van der Waals surface area contributed by atoms with Crippen LogP contribution in [0, 0.1) is 0 Å². The van der Waals surface area contributed by atoms with Crippen LogP contribution in [0.4, 0.5) is 0 Å². The van der Waals surface area contributed by atoms with Gasteiger partial charge in [-0.2, -0.15) is 0 Å². The molecule has 136 valence electrons. The van der Waals surface area contributed by atoms with Gasteiger partial charge in [-0.3, -0.25) is 9.78 Å². The number of amides is 1. The van der Waals surface area contributed by atoms with Gasteiger partial charge in [-0.15, -0.1) is 0 Å². The van der Waals surface area contributed by atoms with Crippen LogP contribution < -0.4 is 5.32 Å². The number of ether oxygens (including phenoxy) is 2. The molecule has 1 unspecified atom stereocenters. The standard InChI is InChI=1S/C19H22N4O3/c24-18(15-12-21-17(22-13-15)14-2-1-6-20-11-14)23-16-3-7-26-19(10-16)4-8-25-9-5-19/h1-2,6,11-13,16H,3-5,7-10H2,(H,23,24). The summed E-state index contributed by atoms with van der Waals surface area (Å²) in [7, 11) is 0. The van der Waals surface area contributed by atoms with Gasteiger partial charge in [-0.05, 0) is 37.8 Å². The van der Waals surface area contributed by atoms with E-state index < -0.39 is 0 Å². The Labute approximate surface area is 152 Å². The van der Waals surface area contributed by atoms with E-state index in [1.165, 1.54) is 0 Å². The van der Waals surface area contributed by atoms with Gasteiger partial charge in [0.25, 0.3) is 5.91 Å². The minimum Gasteiger partial charge on any atom is -0.381 e. The largest absolute Gasteiger partial charge is 0.381 e. The summed E-state index contributed by atoms with van der Waals surface area (Å²) < 4.78 is 11.5. The molecule has 0 aliphatic carbocycles. The predicted molar refractivity (Wildman–Crippen MR) is 94.5 cm³/mol. The lowest BCUT2D eigenvalue weighted by Gasteiger charge is -2.43. The Morgan fingerprint density at radius 3 is 2.69 bits per heavy atom. The average Bonchev–Trinajstić information content (AvgIpc) is 2.69. The topological polar surface area (TPSA) is 86.2 Å². The van der Waals surface area contributed by atoms with Crippen molar-refractivity contribution in [2.45, 2.75) is 37.3 Å². The van der Waals surface area contributed by atoms with E-state index >= 15 is 0 Å². The number of nitrogens with one attached hydrogen (secondary N) is 1. The number of aromatic nitrogens is 3. The van der Waals surface area contributed by atoms with Crippen LogP contribution in [0.15, 0.2) is 36.9 Å². The highest BCUT2D eigenvalue weighted by atomic mass is 16.5. The highest BCUT2D eigenvalue weighted by molar-refractivity contribution is 5.93. The molecule has 1 amide bonds. The first-order valence-electron chi connectivity index (χ1n) is 8.99. The highest BCUT2D eigenvalue weighted by Crippen LogP contribution is 2.34. The monoisotopic (exact) mass is 354 g/mol. The van der Waals surface area contributed by atoms with E-state index in [2.05, 4.69) is 20.3 Å². The molecule has 1 atom stereocenters. The van der Waals surface area contributed by atoms with Gasteiger partial charge in [0.2, 0.25) is 0 Å². The SMILES string of the molecule is O=C(NC1CCOC2(CCOCC2)C1)c1cnc(-c2cccnc2)nc1. The Balaban J connectivity index is 1.40. The van der Waals surface area contributed by atoms with Crippen LogP contribution in [0.2, 0.25) is 0 Å². The maximum Gasteiger partial charge on any atom is 0.254 e. The van der Waals surface area contributed by atoms with Crippen LogP contribution in [0.1, 0.15) is 36.0 Å². The molecule has 0 saturated carbocycles. The summed E-state index contributed by atoms with van der Waals surface area (Å²) in [6.07, 6.45) is 9.96. The Kier molecular flexibility index (Phi) is 4.90. The lowest BCUT2D eigenvalue weighted by Crippen LogP contribution is -2.51. The number of pyridine rings is 1. The Hall–Kier alpha value is -2.38. The van der Waals surface area contributed by atoms with Gasteiger partial charge in [-0.1, -0.05) is 0 Å². The molecular weight excluding hydrogens is 332 g/mol. The third-order valence-corrected chi connectivity index (χ3v) is 5.07. The number of hydrogen-bond acceptors (Lipinski definition) is 6. The summed E-state index contributed by atoms with van der Waals surface area (Å²) >= 11 is 0. The van der Waals surface area contributed by atoms with E-state index in [1.807, 2.05) is 12.1 Å². The Morgan fingerprint density at radius 2 is 1.96 bits per heavy atom. The molecule has 1 N–H and O–H groups in total. The number of rotatable bonds is 3. The summed E-state index contributed by atoms with van der Waals surface area (Å²) in [4.78, 5) is 25.2. The van der Waals surface area contributed by atoms with Crippen molar-refractivity contribution in [3.05, 3.63) is 42.5 Å². The van der Waals surface area contributed by atoms with Gasteiger partial charge < -0.3 is 14.8 Å².